The Morgan fingerprint density at radius 3 is 3.06 bits per heavy atom. The van der Waals surface area contributed by atoms with E-state index in [0.29, 0.717) is 12.0 Å². The molecule has 2 nitrogen and oxygen atoms in total. The zero-order chi connectivity index (χ0) is 12.8. The molecule has 1 aliphatic heterocycles. The van der Waals surface area contributed by atoms with Gasteiger partial charge in [0.15, 0.2) is 0 Å². The van der Waals surface area contributed by atoms with Gasteiger partial charge in [0.2, 0.25) is 0 Å². The quantitative estimate of drug-likeness (QED) is 0.854. The summed E-state index contributed by atoms with van der Waals surface area (Å²) < 4.78 is 6.87. The minimum absolute atomic E-state index is 0.566. The van der Waals surface area contributed by atoms with Gasteiger partial charge in [-0.1, -0.05) is 6.92 Å². The van der Waals surface area contributed by atoms with E-state index in [-0.39, 0.29) is 0 Å². The molecule has 1 N–H and O–H groups in total. The summed E-state index contributed by atoms with van der Waals surface area (Å²) in [6.07, 6.45) is 4.83. The maximum atomic E-state index is 5.64. The average Bonchev–Trinajstić information content (AvgIpc) is 2.81. The van der Waals surface area contributed by atoms with Crippen molar-refractivity contribution in [3.05, 3.63) is 20.8 Å². The van der Waals surface area contributed by atoms with E-state index in [9.17, 15) is 0 Å². The van der Waals surface area contributed by atoms with E-state index in [1.807, 2.05) is 11.3 Å². The molecule has 1 aromatic rings. The van der Waals surface area contributed by atoms with Crippen molar-refractivity contribution in [2.45, 2.75) is 38.6 Å². The minimum atomic E-state index is 0.566. The van der Waals surface area contributed by atoms with Crippen molar-refractivity contribution in [1.82, 2.24) is 5.32 Å². The second-order valence-electron chi connectivity index (χ2n) is 4.95. The molecule has 2 rings (SSSR count). The normalized spacial score (nSPS) is 22.0. The molecule has 0 bridgehead atoms. The lowest BCUT2D eigenvalue weighted by Gasteiger charge is -2.31. The van der Waals surface area contributed by atoms with Gasteiger partial charge in [-0.05, 0) is 66.2 Å². The van der Waals surface area contributed by atoms with E-state index < -0.39 is 0 Å². The van der Waals surface area contributed by atoms with Crippen LogP contribution >= 0.6 is 27.3 Å². The molecule has 2 heterocycles. The average molecular weight is 332 g/mol. The molecular formula is C14H22BrNOS. The highest BCUT2D eigenvalue weighted by atomic mass is 79.9. The summed E-state index contributed by atoms with van der Waals surface area (Å²) in [7, 11) is 0. The van der Waals surface area contributed by atoms with Crippen LogP contribution in [0.2, 0.25) is 0 Å². The van der Waals surface area contributed by atoms with Crippen molar-refractivity contribution < 1.29 is 4.74 Å². The maximum absolute atomic E-state index is 5.64. The number of hydrogen-bond acceptors (Lipinski definition) is 3. The number of hydrogen-bond donors (Lipinski definition) is 1. The summed E-state index contributed by atoms with van der Waals surface area (Å²) in [4.78, 5) is 1.46. The standard InChI is InChI=1S/C14H22BrNOS/c1-2-7-16-13(11-4-3-8-17-10-11)9-12-5-6-14(15)18-12/h5-6,11,13,16H,2-4,7-10H2,1H3. The van der Waals surface area contributed by atoms with Gasteiger partial charge in [0.1, 0.15) is 0 Å². The number of rotatable bonds is 6. The van der Waals surface area contributed by atoms with Gasteiger partial charge in [-0.3, -0.25) is 0 Å². The Hall–Kier alpha value is 0.1000. The number of nitrogens with one attached hydrogen (secondary N) is 1. The number of ether oxygens (including phenoxy) is 1. The zero-order valence-electron chi connectivity index (χ0n) is 11.0. The van der Waals surface area contributed by atoms with E-state index in [2.05, 4.69) is 40.3 Å². The Kier molecular flexibility index (Phi) is 6.15. The van der Waals surface area contributed by atoms with Gasteiger partial charge in [-0.15, -0.1) is 11.3 Å². The summed E-state index contributed by atoms with van der Waals surface area (Å²) in [5.74, 6) is 0.672. The molecule has 102 valence electrons. The Bertz CT molecular complexity index is 349. The molecule has 1 fully saturated rings. The third-order valence-corrected chi connectivity index (χ3v) is 5.12. The molecule has 2 atom stereocenters. The molecular weight excluding hydrogens is 310 g/mol. The molecule has 4 heteroatoms. The predicted octanol–water partition coefficient (Wildman–Crippen LogP) is 3.85. The zero-order valence-corrected chi connectivity index (χ0v) is 13.4. The summed E-state index contributed by atoms with van der Waals surface area (Å²) in [6, 6.07) is 4.95. The molecule has 0 spiro atoms. The van der Waals surface area contributed by atoms with E-state index in [1.54, 1.807) is 0 Å². The van der Waals surface area contributed by atoms with Gasteiger partial charge in [0, 0.05) is 17.5 Å². The van der Waals surface area contributed by atoms with Gasteiger partial charge in [0.05, 0.1) is 10.4 Å². The monoisotopic (exact) mass is 331 g/mol. The van der Waals surface area contributed by atoms with Gasteiger partial charge >= 0.3 is 0 Å². The molecule has 1 saturated heterocycles. The smallest absolute Gasteiger partial charge is 0.0701 e. The lowest BCUT2D eigenvalue weighted by atomic mass is 9.91. The van der Waals surface area contributed by atoms with Crippen LogP contribution in [0.25, 0.3) is 0 Å². The number of thiophene rings is 1. The van der Waals surface area contributed by atoms with Gasteiger partial charge in [-0.2, -0.15) is 0 Å². The third kappa shape index (κ3) is 4.34. The van der Waals surface area contributed by atoms with Gasteiger partial charge in [-0.25, -0.2) is 0 Å². The molecule has 1 aliphatic rings. The Labute approximate surface area is 122 Å². The van der Waals surface area contributed by atoms with Crippen LogP contribution in [0.1, 0.15) is 31.1 Å². The van der Waals surface area contributed by atoms with E-state index >= 15 is 0 Å². The Morgan fingerprint density at radius 2 is 2.44 bits per heavy atom. The first-order valence-corrected chi connectivity index (χ1v) is 8.46. The second kappa shape index (κ2) is 7.63. The molecule has 2 unspecified atom stereocenters. The molecule has 0 amide bonds. The molecule has 0 aliphatic carbocycles. The highest BCUT2D eigenvalue weighted by molar-refractivity contribution is 9.11. The van der Waals surface area contributed by atoms with E-state index in [4.69, 9.17) is 4.74 Å². The summed E-state index contributed by atoms with van der Waals surface area (Å²) >= 11 is 5.39. The van der Waals surface area contributed by atoms with E-state index in [0.717, 1.165) is 26.2 Å². The van der Waals surface area contributed by atoms with Gasteiger partial charge < -0.3 is 10.1 Å². The fourth-order valence-electron chi connectivity index (χ4n) is 2.50. The summed E-state index contributed by atoms with van der Waals surface area (Å²) in [5, 5.41) is 3.71. The van der Waals surface area contributed by atoms with Crippen molar-refractivity contribution in [2.75, 3.05) is 19.8 Å². The molecule has 1 aromatic heterocycles. The van der Waals surface area contributed by atoms with Crippen LogP contribution in [0.3, 0.4) is 0 Å². The predicted molar refractivity (Wildman–Crippen MR) is 81.3 cm³/mol. The van der Waals surface area contributed by atoms with Crippen molar-refractivity contribution in [1.29, 1.82) is 0 Å². The van der Waals surface area contributed by atoms with Crippen molar-refractivity contribution in [3.8, 4) is 0 Å². The molecule has 0 aromatic carbocycles. The van der Waals surface area contributed by atoms with Crippen molar-refractivity contribution >= 4 is 27.3 Å². The van der Waals surface area contributed by atoms with Crippen LogP contribution in [-0.2, 0) is 11.2 Å². The number of halogens is 1. The van der Waals surface area contributed by atoms with Crippen LogP contribution in [0.15, 0.2) is 15.9 Å². The highest BCUT2D eigenvalue weighted by Crippen LogP contribution is 2.26. The van der Waals surface area contributed by atoms with Crippen LogP contribution in [0.4, 0.5) is 0 Å². The van der Waals surface area contributed by atoms with Crippen LogP contribution in [-0.4, -0.2) is 25.8 Å². The van der Waals surface area contributed by atoms with Crippen molar-refractivity contribution in [3.63, 3.8) is 0 Å². The van der Waals surface area contributed by atoms with Crippen LogP contribution in [0.5, 0.6) is 0 Å². The first kappa shape index (κ1) is 14.5. The van der Waals surface area contributed by atoms with Crippen LogP contribution in [0, 0.1) is 5.92 Å². The largest absolute Gasteiger partial charge is 0.381 e. The fraction of sp³-hybridized carbons (Fsp3) is 0.714. The Balaban J connectivity index is 1.94. The lowest BCUT2D eigenvalue weighted by molar-refractivity contribution is 0.0394. The van der Waals surface area contributed by atoms with E-state index in [1.165, 1.54) is 27.9 Å². The first-order valence-electron chi connectivity index (χ1n) is 6.85. The summed E-state index contributed by atoms with van der Waals surface area (Å²) in [5.41, 5.74) is 0. The maximum Gasteiger partial charge on any atom is 0.0701 e. The second-order valence-corrected chi connectivity index (χ2v) is 7.50. The topological polar surface area (TPSA) is 21.3 Å². The summed E-state index contributed by atoms with van der Waals surface area (Å²) in [6.45, 7) is 5.20. The Morgan fingerprint density at radius 1 is 1.56 bits per heavy atom. The minimum Gasteiger partial charge on any atom is -0.381 e. The van der Waals surface area contributed by atoms with Gasteiger partial charge in [0.25, 0.3) is 0 Å². The lowest BCUT2D eigenvalue weighted by Crippen LogP contribution is -2.42. The van der Waals surface area contributed by atoms with Crippen LogP contribution < -0.4 is 5.32 Å². The molecule has 0 radical (unpaired) electrons. The first-order chi connectivity index (χ1) is 8.79. The highest BCUT2D eigenvalue weighted by Gasteiger charge is 2.24. The SMILES string of the molecule is CCCNC(Cc1ccc(Br)s1)C1CCCOC1. The fourth-order valence-corrected chi connectivity index (χ4v) is 4.04. The molecule has 0 saturated carbocycles. The molecule has 18 heavy (non-hydrogen) atoms. The third-order valence-electron chi connectivity index (χ3n) is 3.47. The van der Waals surface area contributed by atoms with Crippen molar-refractivity contribution in [2.24, 2.45) is 5.92 Å².